The number of carbonyl (C=O) groups excluding carboxylic acids is 1. The van der Waals surface area contributed by atoms with E-state index in [2.05, 4.69) is 15.4 Å². The average molecular weight is 390 g/mol. The van der Waals surface area contributed by atoms with Gasteiger partial charge in [0.15, 0.2) is 6.73 Å². The van der Waals surface area contributed by atoms with Crippen molar-refractivity contribution >= 4 is 11.6 Å². The number of rotatable bonds is 5. The summed E-state index contributed by atoms with van der Waals surface area (Å²) >= 11 is 0. The number of ether oxygens (including phenoxy) is 1. The third-order valence-electron chi connectivity index (χ3n) is 4.03. The molecule has 2 heterocycles. The lowest BCUT2D eigenvalue weighted by Crippen LogP contribution is -2.15. The van der Waals surface area contributed by atoms with Crippen LogP contribution in [-0.2, 0) is 12.9 Å². The van der Waals surface area contributed by atoms with Gasteiger partial charge in [0, 0.05) is 6.20 Å². The number of anilines is 1. The van der Waals surface area contributed by atoms with Crippen molar-refractivity contribution < 1.29 is 22.7 Å². The highest BCUT2D eigenvalue weighted by Crippen LogP contribution is 2.31. The van der Waals surface area contributed by atoms with Crippen molar-refractivity contribution in [1.82, 2.24) is 14.8 Å². The molecule has 0 aliphatic rings. The van der Waals surface area contributed by atoms with Crippen LogP contribution in [0.4, 0.5) is 18.9 Å². The van der Waals surface area contributed by atoms with Gasteiger partial charge in [-0.2, -0.15) is 18.3 Å². The number of amides is 1. The van der Waals surface area contributed by atoms with E-state index in [1.54, 1.807) is 32.0 Å². The summed E-state index contributed by atoms with van der Waals surface area (Å²) in [6, 6.07) is 9.60. The highest BCUT2D eigenvalue weighted by molar-refractivity contribution is 6.03. The molecule has 0 fully saturated rings. The number of carbonyl (C=O) groups is 1. The molecule has 6 nitrogen and oxygen atoms in total. The zero-order valence-corrected chi connectivity index (χ0v) is 15.1. The molecule has 0 bridgehead atoms. The number of nitrogens with one attached hydrogen (secondary N) is 1. The maximum atomic E-state index is 12.8. The topological polar surface area (TPSA) is 69.0 Å². The molecule has 0 saturated carbocycles. The number of alkyl halides is 3. The van der Waals surface area contributed by atoms with E-state index in [9.17, 15) is 18.0 Å². The van der Waals surface area contributed by atoms with Gasteiger partial charge in [-0.05, 0) is 44.2 Å². The fourth-order valence-corrected chi connectivity index (χ4v) is 2.58. The summed E-state index contributed by atoms with van der Waals surface area (Å²) in [6.07, 6.45) is -2.93. The quantitative estimate of drug-likeness (QED) is 0.709. The molecule has 3 rings (SSSR count). The van der Waals surface area contributed by atoms with Crippen LogP contribution in [-0.4, -0.2) is 20.7 Å². The van der Waals surface area contributed by atoms with Crippen LogP contribution in [0.3, 0.4) is 0 Å². The molecule has 1 aromatic carbocycles. The Kier molecular flexibility index (Phi) is 5.34. The number of nitrogens with zero attached hydrogens (tertiary/aromatic N) is 3. The fraction of sp³-hybridized carbons (Fsp3) is 0.211. The molecule has 28 heavy (non-hydrogen) atoms. The first-order chi connectivity index (χ1) is 13.3. The van der Waals surface area contributed by atoms with E-state index in [4.69, 9.17) is 4.74 Å². The molecule has 0 aliphatic carbocycles. The van der Waals surface area contributed by atoms with Gasteiger partial charge in [0.25, 0.3) is 5.91 Å². The minimum Gasteiger partial charge on any atom is -0.471 e. The first-order valence-corrected chi connectivity index (χ1v) is 8.32. The molecule has 0 atom stereocenters. The lowest BCUT2D eigenvalue weighted by atomic mass is 10.2. The number of halogens is 3. The van der Waals surface area contributed by atoms with Crippen LogP contribution in [0.15, 0.2) is 48.7 Å². The van der Waals surface area contributed by atoms with Gasteiger partial charge in [0.1, 0.15) is 11.4 Å². The Labute approximate surface area is 159 Å². The Hall–Kier alpha value is -3.36. The van der Waals surface area contributed by atoms with Crippen molar-refractivity contribution in [3.8, 4) is 5.75 Å². The number of hydrogen-bond donors (Lipinski definition) is 1. The molecule has 9 heteroatoms. The molecule has 146 valence electrons. The van der Waals surface area contributed by atoms with Gasteiger partial charge >= 0.3 is 6.18 Å². The lowest BCUT2D eigenvalue weighted by molar-refractivity contribution is -0.137. The standard InChI is InChI=1S/C19H17F3N4O2/c1-12-17(24-18(27)16-8-3-4-9-23-16)13(2)26(25-12)11-28-15-7-5-6-14(10-15)19(20,21)22/h3-10H,11H2,1-2H3,(H,24,27). The smallest absolute Gasteiger partial charge is 0.416 e. The second kappa shape index (κ2) is 7.71. The highest BCUT2D eigenvalue weighted by atomic mass is 19.4. The van der Waals surface area contributed by atoms with Gasteiger partial charge in [0.05, 0.1) is 22.6 Å². The molecule has 1 N–H and O–H groups in total. The third kappa shape index (κ3) is 4.30. The minimum absolute atomic E-state index is 0.0708. The molecule has 0 aliphatic heterocycles. The molecule has 2 aromatic heterocycles. The van der Waals surface area contributed by atoms with Crippen LogP contribution < -0.4 is 10.1 Å². The van der Waals surface area contributed by atoms with E-state index in [1.807, 2.05) is 0 Å². The summed E-state index contributed by atoms with van der Waals surface area (Å²) in [5.41, 5.74) is 1.13. The average Bonchev–Trinajstić information content (AvgIpc) is 2.94. The second-order valence-electron chi connectivity index (χ2n) is 6.01. The molecule has 0 radical (unpaired) electrons. The summed E-state index contributed by atoms with van der Waals surface area (Å²) in [5, 5.41) is 7.03. The number of aryl methyl sites for hydroxylation is 1. The van der Waals surface area contributed by atoms with Gasteiger partial charge < -0.3 is 10.1 Å². The van der Waals surface area contributed by atoms with Crippen LogP contribution in [0.5, 0.6) is 5.75 Å². The normalized spacial score (nSPS) is 11.3. The molecule has 0 spiro atoms. The molecular formula is C19H17F3N4O2. The Balaban J connectivity index is 1.73. The maximum absolute atomic E-state index is 12.8. The van der Waals surface area contributed by atoms with Crippen molar-refractivity contribution in [2.75, 3.05) is 5.32 Å². The lowest BCUT2D eigenvalue weighted by Gasteiger charge is -2.11. The van der Waals surface area contributed by atoms with Crippen molar-refractivity contribution in [3.05, 3.63) is 71.3 Å². The molecule has 0 saturated heterocycles. The van der Waals surface area contributed by atoms with Crippen LogP contribution in [0.25, 0.3) is 0 Å². The SMILES string of the molecule is Cc1nn(COc2cccc(C(F)(F)F)c2)c(C)c1NC(=O)c1ccccn1. The summed E-state index contributed by atoms with van der Waals surface area (Å²) in [5.74, 6) is -0.313. The Morgan fingerprint density at radius 3 is 2.64 bits per heavy atom. The summed E-state index contributed by atoms with van der Waals surface area (Å²) < 4.78 is 45.3. The number of pyridine rings is 1. The van der Waals surface area contributed by atoms with Gasteiger partial charge in [-0.15, -0.1) is 0 Å². The molecule has 3 aromatic rings. The van der Waals surface area contributed by atoms with E-state index in [-0.39, 0.29) is 24.1 Å². The predicted octanol–water partition coefficient (Wildman–Crippen LogP) is 4.20. The first kappa shape index (κ1) is 19.4. The van der Waals surface area contributed by atoms with Crippen molar-refractivity contribution in [3.63, 3.8) is 0 Å². The Morgan fingerprint density at radius 1 is 1.18 bits per heavy atom. The van der Waals surface area contributed by atoms with Gasteiger partial charge in [-0.3, -0.25) is 9.78 Å². The molecular weight excluding hydrogens is 373 g/mol. The van der Waals surface area contributed by atoms with Gasteiger partial charge in [0.2, 0.25) is 0 Å². The van der Waals surface area contributed by atoms with E-state index in [1.165, 1.54) is 23.0 Å². The number of hydrogen-bond acceptors (Lipinski definition) is 4. The van der Waals surface area contributed by atoms with Gasteiger partial charge in [-0.25, -0.2) is 4.68 Å². The highest BCUT2D eigenvalue weighted by Gasteiger charge is 2.30. The molecule has 1 amide bonds. The van der Waals surface area contributed by atoms with Crippen LogP contribution >= 0.6 is 0 Å². The third-order valence-corrected chi connectivity index (χ3v) is 4.03. The fourth-order valence-electron chi connectivity index (χ4n) is 2.58. The van der Waals surface area contributed by atoms with E-state index >= 15 is 0 Å². The van der Waals surface area contributed by atoms with Crippen LogP contribution in [0.1, 0.15) is 27.4 Å². The van der Waals surface area contributed by atoms with Crippen LogP contribution in [0, 0.1) is 13.8 Å². The largest absolute Gasteiger partial charge is 0.471 e. The van der Waals surface area contributed by atoms with Crippen LogP contribution in [0.2, 0.25) is 0 Å². The summed E-state index contributed by atoms with van der Waals surface area (Å²) in [7, 11) is 0. The summed E-state index contributed by atoms with van der Waals surface area (Å²) in [4.78, 5) is 16.3. The Morgan fingerprint density at radius 2 is 1.96 bits per heavy atom. The van der Waals surface area contributed by atoms with Gasteiger partial charge in [-0.1, -0.05) is 12.1 Å². The van der Waals surface area contributed by atoms with E-state index in [0.29, 0.717) is 17.1 Å². The number of aromatic nitrogens is 3. The zero-order chi connectivity index (χ0) is 20.3. The Bertz CT molecular complexity index is 985. The van der Waals surface area contributed by atoms with E-state index < -0.39 is 11.7 Å². The predicted molar refractivity (Wildman–Crippen MR) is 96.0 cm³/mol. The number of benzene rings is 1. The van der Waals surface area contributed by atoms with Crippen molar-refractivity contribution in [1.29, 1.82) is 0 Å². The minimum atomic E-state index is -4.44. The monoisotopic (exact) mass is 390 g/mol. The second-order valence-corrected chi connectivity index (χ2v) is 6.01. The van der Waals surface area contributed by atoms with Crippen molar-refractivity contribution in [2.24, 2.45) is 0 Å². The zero-order valence-electron chi connectivity index (χ0n) is 15.1. The van der Waals surface area contributed by atoms with Crippen molar-refractivity contribution in [2.45, 2.75) is 26.8 Å². The van der Waals surface area contributed by atoms with E-state index in [0.717, 1.165) is 12.1 Å². The first-order valence-electron chi connectivity index (χ1n) is 8.32. The molecule has 0 unspecified atom stereocenters. The summed E-state index contributed by atoms with van der Waals surface area (Å²) in [6.45, 7) is 3.33. The maximum Gasteiger partial charge on any atom is 0.416 e.